The average Bonchev–Trinajstić information content (AvgIpc) is 2.80. The van der Waals surface area contributed by atoms with Crippen molar-refractivity contribution < 1.29 is 27.5 Å². The zero-order chi connectivity index (χ0) is 28.1. The van der Waals surface area contributed by atoms with E-state index >= 15 is 0 Å². The summed E-state index contributed by atoms with van der Waals surface area (Å²) in [4.78, 5) is 28.0. The molecule has 0 fully saturated rings. The SMILES string of the molecule is COc1ccc(N(CC(=O)N(Cc2ccc(Cl)c(Cl)c2)C(C)C(=O)NC(C)(C)C)S(C)(=O)=O)c(OC)c1. The van der Waals surface area contributed by atoms with Crippen LogP contribution in [0.15, 0.2) is 36.4 Å². The Morgan fingerprint density at radius 2 is 1.68 bits per heavy atom. The van der Waals surface area contributed by atoms with Crippen molar-refractivity contribution in [3.8, 4) is 11.5 Å². The van der Waals surface area contributed by atoms with Crippen LogP contribution in [0.1, 0.15) is 33.3 Å². The summed E-state index contributed by atoms with van der Waals surface area (Å²) in [6.07, 6.45) is 0.989. The average molecular weight is 575 g/mol. The Labute approximate surface area is 228 Å². The van der Waals surface area contributed by atoms with Crippen LogP contribution in [0.5, 0.6) is 11.5 Å². The predicted molar refractivity (Wildman–Crippen MR) is 146 cm³/mol. The standard InChI is InChI=1S/C25H33Cl2N3O6S/c1-16(24(32)28-25(2,3)4)29(14-17-8-10-19(26)20(27)12-17)23(31)15-30(37(7,33)34)21-11-9-18(35-5)13-22(21)36-6/h8-13,16H,14-15H2,1-7H3,(H,28,32). The van der Waals surface area contributed by atoms with Gasteiger partial charge in [0.2, 0.25) is 21.8 Å². The minimum atomic E-state index is -3.93. The van der Waals surface area contributed by atoms with Crippen LogP contribution in [-0.2, 0) is 26.2 Å². The molecule has 0 aliphatic rings. The highest BCUT2D eigenvalue weighted by Gasteiger charge is 2.32. The molecule has 1 unspecified atom stereocenters. The number of nitrogens with one attached hydrogen (secondary N) is 1. The number of ether oxygens (including phenoxy) is 2. The first kappa shape index (κ1) is 30.5. The number of halogens is 2. The molecule has 2 rings (SSSR count). The maximum absolute atomic E-state index is 13.7. The van der Waals surface area contributed by atoms with Crippen LogP contribution in [0.2, 0.25) is 10.0 Å². The van der Waals surface area contributed by atoms with Crippen molar-refractivity contribution in [1.29, 1.82) is 0 Å². The highest BCUT2D eigenvalue weighted by Crippen LogP contribution is 2.34. The Bertz CT molecular complexity index is 1250. The van der Waals surface area contributed by atoms with E-state index in [2.05, 4.69) is 5.32 Å². The van der Waals surface area contributed by atoms with Crippen LogP contribution in [0.4, 0.5) is 5.69 Å². The predicted octanol–water partition coefficient (Wildman–Crippen LogP) is 4.11. The molecule has 2 amide bonds. The van der Waals surface area contributed by atoms with Crippen LogP contribution in [0.3, 0.4) is 0 Å². The molecule has 0 aromatic heterocycles. The molecule has 0 aliphatic heterocycles. The summed E-state index contributed by atoms with van der Waals surface area (Å²) < 4.78 is 37.1. The van der Waals surface area contributed by atoms with Crippen molar-refractivity contribution >= 4 is 50.7 Å². The quantitative estimate of drug-likeness (QED) is 0.458. The second kappa shape index (κ2) is 12.2. The summed E-state index contributed by atoms with van der Waals surface area (Å²) in [5, 5.41) is 3.50. The van der Waals surface area contributed by atoms with Gasteiger partial charge in [0.1, 0.15) is 24.1 Å². The van der Waals surface area contributed by atoms with E-state index in [0.29, 0.717) is 21.4 Å². The minimum absolute atomic E-state index is 0.00813. The Balaban J connectivity index is 2.50. The topological polar surface area (TPSA) is 105 Å². The van der Waals surface area contributed by atoms with Gasteiger partial charge in [-0.2, -0.15) is 0 Å². The molecule has 204 valence electrons. The van der Waals surface area contributed by atoms with Crippen molar-refractivity contribution in [2.75, 3.05) is 31.3 Å². The molecule has 0 heterocycles. The number of nitrogens with zero attached hydrogens (tertiary/aromatic N) is 2. The van der Waals surface area contributed by atoms with Gasteiger partial charge in [-0.05, 0) is 57.5 Å². The van der Waals surface area contributed by atoms with Crippen LogP contribution >= 0.6 is 23.2 Å². The number of amides is 2. The highest BCUT2D eigenvalue weighted by atomic mass is 35.5. The molecule has 2 aromatic rings. The number of rotatable bonds is 10. The zero-order valence-corrected chi connectivity index (χ0v) is 24.3. The van der Waals surface area contributed by atoms with E-state index < -0.39 is 40.0 Å². The molecule has 0 saturated heterocycles. The normalized spacial score (nSPS) is 12.5. The van der Waals surface area contributed by atoms with Crippen LogP contribution < -0.4 is 19.1 Å². The van der Waals surface area contributed by atoms with Gasteiger partial charge in [0, 0.05) is 18.2 Å². The fourth-order valence-electron chi connectivity index (χ4n) is 3.48. The van der Waals surface area contributed by atoms with E-state index in [1.165, 1.54) is 31.3 Å². The van der Waals surface area contributed by atoms with E-state index in [1.807, 2.05) is 20.8 Å². The third kappa shape index (κ3) is 8.41. The summed E-state index contributed by atoms with van der Waals surface area (Å²) in [6, 6.07) is 8.51. The monoisotopic (exact) mass is 573 g/mol. The lowest BCUT2D eigenvalue weighted by Gasteiger charge is -2.33. The van der Waals surface area contributed by atoms with Crippen LogP contribution in [-0.4, -0.2) is 63.7 Å². The highest BCUT2D eigenvalue weighted by molar-refractivity contribution is 7.92. The van der Waals surface area contributed by atoms with Gasteiger partial charge in [0.25, 0.3) is 0 Å². The second-order valence-electron chi connectivity index (χ2n) is 9.49. The van der Waals surface area contributed by atoms with Crippen molar-refractivity contribution in [3.63, 3.8) is 0 Å². The first-order valence-electron chi connectivity index (χ1n) is 11.3. The molecule has 12 heteroatoms. The molecule has 0 saturated carbocycles. The Hall–Kier alpha value is -2.69. The smallest absolute Gasteiger partial charge is 0.244 e. The van der Waals surface area contributed by atoms with Gasteiger partial charge in [-0.1, -0.05) is 29.3 Å². The van der Waals surface area contributed by atoms with Gasteiger partial charge in [0.05, 0.1) is 36.2 Å². The molecule has 1 N–H and O–H groups in total. The number of hydrogen-bond donors (Lipinski definition) is 1. The molecular weight excluding hydrogens is 541 g/mol. The van der Waals surface area contributed by atoms with E-state index in [-0.39, 0.29) is 18.0 Å². The van der Waals surface area contributed by atoms with Crippen molar-refractivity contribution in [3.05, 3.63) is 52.0 Å². The fourth-order valence-corrected chi connectivity index (χ4v) is 4.65. The lowest BCUT2D eigenvalue weighted by atomic mass is 10.1. The number of carbonyl (C=O) groups is 2. The van der Waals surface area contributed by atoms with Gasteiger partial charge in [-0.3, -0.25) is 13.9 Å². The van der Waals surface area contributed by atoms with Gasteiger partial charge in [-0.25, -0.2) is 8.42 Å². The number of carbonyl (C=O) groups excluding carboxylic acids is 2. The summed E-state index contributed by atoms with van der Waals surface area (Å²) in [5.74, 6) is -0.346. The molecule has 2 aromatic carbocycles. The van der Waals surface area contributed by atoms with Crippen molar-refractivity contribution in [2.45, 2.75) is 45.8 Å². The zero-order valence-electron chi connectivity index (χ0n) is 22.0. The van der Waals surface area contributed by atoms with Crippen molar-refractivity contribution in [1.82, 2.24) is 10.2 Å². The minimum Gasteiger partial charge on any atom is -0.497 e. The van der Waals surface area contributed by atoms with E-state index in [4.69, 9.17) is 32.7 Å². The summed E-state index contributed by atoms with van der Waals surface area (Å²) in [7, 11) is -1.08. The maximum atomic E-state index is 13.7. The Kier molecular flexibility index (Phi) is 10.1. The molecular formula is C25H33Cl2N3O6S. The number of sulfonamides is 1. The van der Waals surface area contributed by atoms with Gasteiger partial charge < -0.3 is 19.7 Å². The Morgan fingerprint density at radius 1 is 1.03 bits per heavy atom. The number of benzene rings is 2. The summed E-state index contributed by atoms with van der Waals surface area (Å²) in [5.41, 5.74) is 0.227. The third-order valence-corrected chi connectivity index (χ3v) is 7.20. The Morgan fingerprint density at radius 3 is 2.19 bits per heavy atom. The number of anilines is 1. The molecule has 9 nitrogen and oxygen atoms in total. The maximum Gasteiger partial charge on any atom is 0.244 e. The first-order valence-corrected chi connectivity index (χ1v) is 13.9. The van der Waals surface area contributed by atoms with Gasteiger partial charge in [-0.15, -0.1) is 0 Å². The summed E-state index contributed by atoms with van der Waals surface area (Å²) in [6.45, 7) is 6.47. The third-order valence-electron chi connectivity index (χ3n) is 5.34. The van der Waals surface area contributed by atoms with E-state index in [1.54, 1.807) is 31.2 Å². The molecule has 0 spiro atoms. The van der Waals surface area contributed by atoms with E-state index in [0.717, 1.165) is 10.6 Å². The first-order chi connectivity index (χ1) is 17.1. The number of hydrogen-bond acceptors (Lipinski definition) is 6. The lowest BCUT2D eigenvalue weighted by Crippen LogP contribution is -2.54. The lowest BCUT2D eigenvalue weighted by molar-refractivity contribution is -0.140. The van der Waals surface area contributed by atoms with Crippen LogP contribution in [0, 0.1) is 0 Å². The van der Waals surface area contributed by atoms with Gasteiger partial charge in [0.15, 0.2) is 0 Å². The molecule has 0 bridgehead atoms. The summed E-state index contributed by atoms with van der Waals surface area (Å²) >= 11 is 12.2. The number of methoxy groups -OCH3 is 2. The van der Waals surface area contributed by atoms with Crippen molar-refractivity contribution in [2.24, 2.45) is 0 Å². The van der Waals surface area contributed by atoms with Gasteiger partial charge >= 0.3 is 0 Å². The largest absolute Gasteiger partial charge is 0.497 e. The van der Waals surface area contributed by atoms with E-state index in [9.17, 15) is 18.0 Å². The fraction of sp³-hybridized carbons (Fsp3) is 0.440. The second-order valence-corrected chi connectivity index (χ2v) is 12.2. The molecule has 37 heavy (non-hydrogen) atoms. The molecule has 1 atom stereocenters. The molecule has 0 aliphatic carbocycles. The van der Waals surface area contributed by atoms with Crippen LogP contribution in [0.25, 0.3) is 0 Å². The molecule has 0 radical (unpaired) electrons.